The van der Waals surface area contributed by atoms with Gasteiger partial charge < -0.3 is 5.73 Å². The summed E-state index contributed by atoms with van der Waals surface area (Å²) in [7, 11) is -3.56. The van der Waals surface area contributed by atoms with E-state index in [1.807, 2.05) is 17.5 Å². The van der Waals surface area contributed by atoms with Crippen LogP contribution >= 0.6 is 22.9 Å². The molecule has 0 fully saturated rings. The third-order valence-electron chi connectivity index (χ3n) is 2.30. The number of sulfonamides is 1. The molecular weight excluding hydrogens is 292 g/mol. The fourth-order valence-corrected chi connectivity index (χ4v) is 3.35. The molecule has 0 spiro atoms. The molecule has 0 aliphatic rings. The number of anilines is 1. The van der Waals surface area contributed by atoms with E-state index < -0.39 is 10.0 Å². The van der Waals surface area contributed by atoms with E-state index in [9.17, 15) is 8.42 Å². The van der Waals surface area contributed by atoms with Gasteiger partial charge in [-0.3, -0.25) is 0 Å². The first-order valence-electron chi connectivity index (χ1n) is 5.06. The highest BCUT2D eigenvalue weighted by atomic mass is 35.5. The Morgan fingerprint density at radius 1 is 1.33 bits per heavy atom. The van der Waals surface area contributed by atoms with Gasteiger partial charge in [0.1, 0.15) is 0 Å². The molecule has 96 valence electrons. The first-order chi connectivity index (χ1) is 8.49. The van der Waals surface area contributed by atoms with Crippen LogP contribution in [0.3, 0.4) is 0 Å². The zero-order valence-corrected chi connectivity index (χ0v) is 11.6. The largest absolute Gasteiger partial charge is 0.398 e. The van der Waals surface area contributed by atoms with Crippen LogP contribution in [0.15, 0.2) is 40.6 Å². The zero-order chi connectivity index (χ0) is 13.2. The summed E-state index contributed by atoms with van der Waals surface area (Å²) in [5.74, 6) is 0. The molecule has 0 unspecified atom stereocenters. The molecule has 0 aliphatic carbocycles. The summed E-state index contributed by atoms with van der Waals surface area (Å²) in [5.41, 5.74) is 5.89. The van der Waals surface area contributed by atoms with Gasteiger partial charge in [0.25, 0.3) is 0 Å². The molecule has 0 saturated carbocycles. The molecule has 0 atom stereocenters. The Balaban J connectivity index is 2.17. The summed E-state index contributed by atoms with van der Waals surface area (Å²) < 4.78 is 26.5. The van der Waals surface area contributed by atoms with Crippen molar-refractivity contribution in [2.45, 2.75) is 11.4 Å². The standard InChI is InChI=1S/C11H11ClN2O2S2/c12-10-6-9(3-4-11(10)13)18(15,16)14-7-8-2-1-5-17-8/h1-6,14H,7,13H2. The number of halogens is 1. The molecule has 3 N–H and O–H groups in total. The van der Waals surface area contributed by atoms with E-state index in [-0.39, 0.29) is 16.5 Å². The summed E-state index contributed by atoms with van der Waals surface area (Å²) in [5, 5.41) is 2.12. The summed E-state index contributed by atoms with van der Waals surface area (Å²) >= 11 is 7.30. The Kier molecular flexibility index (Phi) is 3.91. The number of thiophene rings is 1. The van der Waals surface area contributed by atoms with Gasteiger partial charge >= 0.3 is 0 Å². The van der Waals surface area contributed by atoms with E-state index in [0.29, 0.717) is 5.69 Å². The molecule has 18 heavy (non-hydrogen) atoms. The Morgan fingerprint density at radius 2 is 2.11 bits per heavy atom. The lowest BCUT2D eigenvalue weighted by atomic mass is 10.3. The van der Waals surface area contributed by atoms with E-state index in [4.69, 9.17) is 17.3 Å². The quantitative estimate of drug-likeness (QED) is 0.852. The van der Waals surface area contributed by atoms with E-state index in [1.165, 1.54) is 29.5 Å². The molecular formula is C11H11ClN2O2S2. The smallest absolute Gasteiger partial charge is 0.240 e. The van der Waals surface area contributed by atoms with E-state index in [1.54, 1.807) is 0 Å². The van der Waals surface area contributed by atoms with Crippen molar-refractivity contribution < 1.29 is 8.42 Å². The predicted molar refractivity (Wildman–Crippen MR) is 74.2 cm³/mol. The third kappa shape index (κ3) is 3.02. The first-order valence-corrected chi connectivity index (χ1v) is 7.80. The van der Waals surface area contributed by atoms with E-state index in [0.717, 1.165) is 4.88 Å². The second kappa shape index (κ2) is 5.27. The second-order valence-electron chi connectivity index (χ2n) is 3.59. The summed E-state index contributed by atoms with van der Waals surface area (Å²) in [6.07, 6.45) is 0. The molecule has 0 bridgehead atoms. The average Bonchev–Trinajstić information content (AvgIpc) is 2.83. The molecule has 7 heteroatoms. The second-order valence-corrected chi connectivity index (χ2v) is 6.79. The lowest BCUT2D eigenvalue weighted by Gasteiger charge is -2.07. The fraction of sp³-hybridized carbons (Fsp3) is 0.0909. The highest BCUT2D eigenvalue weighted by Gasteiger charge is 2.15. The Bertz CT molecular complexity index is 639. The van der Waals surface area contributed by atoms with Crippen molar-refractivity contribution in [3.8, 4) is 0 Å². The molecule has 1 aromatic carbocycles. The molecule has 0 saturated heterocycles. The molecule has 0 radical (unpaired) electrons. The van der Waals surface area contributed by atoms with Crippen molar-refractivity contribution in [3.63, 3.8) is 0 Å². The lowest BCUT2D eigenvalue weighted by Crippen LogP contribution is -2.22. The SMILES string of the molecule is Nc1ccc(S(=O)(=O)NCc2cccs2)cc1Cl. The van der Waals surface area contributed by atoms with Crippen LogP contribution < -0.4 is 10.5 Å². The molecule has 2 aromatic rings. The highest BCUT2D eigenvalue weighted by molar-refractivity contribution is 7.89. The highest BCUT2D eigenvalue weighted by Crippen LogP contribution is 2.22. The summed E-state index contributed by atoms with van der Waals surface area (Å²) in [6.45, 7) is 0.266. The zero-order valence-electron chi connectivity index (χ0n) is 9.26. The first kappa shape index (κ1) is 13.4. The molecule has 1 heterocycles. The van der Waals surface area contributed by atoms with Crippen LogP contribution in [0.4, 0.5) is 5.69 Å². The molecule has 0 aliphatic heterocycles. The van der Waals surface area contributed by atoms with Crippen molar-refractivity contribution in [1.29, 1.82) is 0 Å². The fourth-order valence-electron chi connectivity index (χ4n) is 1.34. The minimum Gasteiger partial charge on any atom is -0.398 e. The summed E-state index contributed by atoms with van der Waals surface area (Å²) in [4.78, 5) is 1.05. The number of hydrogen-bond acceptors (Lipinski definition) is 4. The number of rotatable bonds is 4. The van der Waals surface area contributed by atoms with Crippen LogP contribution in [-0.4, -0.2) is 8.42 Å². The van der Waals surface area contributed by atoms with E-state index in [2.05, 4.69) is 4.72 Å². The minimum absolute atomic E-state index is 0.109. The number of hydrogen-bond donors (Lipinski definition) is 2. The lowest BCUT2D eigenvalue weighted by molar-refractivity contribution is 0.582. The average molecular weight is 303 g/mol. The van der Waals surface area contributed by atoms with Crippen molar-refractivity contribution in [2.24, 2.45) is 0 Å². The molecule has 4 nitrogen and oxygen atoms in total. The van der Waals surface area contributed by atoms with Gasteiger partial charge in [0.05, 0.1) is 15.6 Å². The number of nitrogen functional groups attached to an aromatic ring is 1. The molecule has 1 aromatic heterocycles. The Hall–Kier alpha value is -1.08. The summed E-state index contributed by atoms with van der Waals surface area (Å²) in [6, 6.07) is 7.98. The van der Waals surface area contributed by atoms with Gasteiger partial charge in [0.2, 0.25) is 10.0 Å². The van der Waals surface area contributed by atoms with Crippen molar-refractivity contribution >= 4 is 38.6 Å². The maximum Gasteiger partial charge on any atom is 0.240 e. The van der Waals surface area contributed by atoms with Gasteiger partial charge in [-0.25, -0.2) is 13.1 Å². The topological polar surface area (TPSA) is 72.2 Å². The Labute approximate surface area is 114 Å². The van der Waals surface area contributed by atoms with Gasteiger partial charge in [-0.2, -0.15) is 0 Å². The van der Waals surface area contributed by atoms with Gasteiger partial charge in [-0.05, 0) is 29.6 Å². The van der Waals surface area contributed by atoms with Gasteiger partial charge in [0, 0.05) is 11.4 Å². The van der Waals surface area contributed by atoms with E-state index >= 15 is 0 Å². The Morgan fingerprint density at radius 3 is 2.72 bits per heavy atom. The van der Waals surface area contributed by atoms with Gasteiger partial charge in [-0.1, -0.05) is 17.7 Å². The van der Waals surface area contributed by atoms with Gasteiger partial charge in [0.15, 0.2) is 0 Å². The monoisotopic (exact) mass is 302 g/mol. The van der Waals surface area contributed by atoms with Crippen molar-refractivity contribution in [1.82, 2.24) is 4.72 Å². The molecule has 0 amide bonds. The van der Waals surface area contributed by atoms with Crippen molar-refractivity contribution in [2.75, 3.05) is 5.73 Å². The third-order valence-corrected chi connectivity index (χ3v) is 4.90. The maximum atomic E-state index is 12.0. The van der Waals surface area contributed by atoms with Crippen LogP contribution in [-0.2, 0) is 16.6 Å². The van der Waals surface area contributed by atoms with Crippen LogP contribution in [0.5, 0.6) is 0 Å². The normalized spacial score (nSPS) is 11.6. The number of benzene rings is 1. The number of nitrogens with one attached hydrogen (secondary N) is 1. The number of nitrogens with two attached hydrogens (primary N) is 1. The van der Waals surface area contributed by atoms with Crippen molar-refractivity contribution in [3.05, 3.63) is 45.6 Å². The minimum atomic E-state index is -3.56. The van der Waals surface area contributed by atoms with Crippen LogP contribution in [0.2, 0.25) is 5.02 Å². The predicted octanol–water partition coefficient (Wildman–Crippen LogP) is 2.46. The van der Waals surface area contributed by atoms with Crippen LogP contribution in [0, 0.1) is 0 Å². The van der Waals surface area contributed by atoms with Crippen LogP contribution in [0.25, 0.3) is 0 Å². The maximum absolute atomic E-state index is 12.0. The van der Waals surface area contributed by atoms with Crippen LogP contribution in [0.1, 0.15) is 4.88 Å². The van der Waals surface area contributed by atoms with Gasteiger partial charge in [-0.15, -0.1) is 11.3 Å². The molecule has 2 rings (SSSR count).